The minimum atomic E-state index is -0.409. The summed E-state index contributed by atoms with van der Waals surface area (Å²) in [6.07, 6.45) is 4.06. The molecule has 0 atom stereocenters. The Balaban J connectivity index is 2.58. The Morgan fingerprint density at radius 2 is 2.00 bits per heavy atom. The van der Waals surface area contributed by atoms with Crippen LogP contribution in [0.15, 0.2) is 10.5 Å². The molecule has 1 aromatic carbocycles. The second kappa shape index (κ2) is 4.50. The van der Waals surface area contributed by atoms with Crippen LogP contribution in [0.3, 0.4) is 0 Å². The van der Waals surface area contributed by atoms with Crippen LogP contribution < -0.4 is 10.5 Å². The van der Waals surface area contributed by atoms with Gasteiger partial charge in [0.15, 0.2) is 11.5 Å². The largest absolute Gasteiger partial charge is 0.504 e. The summed E-state index contributed by atoms with van der Waals surface area (Å²) in [5, 5.41) is 10.3. The van der Waals surface area contributed by atoms with Gasteiger partial charge in [-0.2, -0.15) is 0 Å². The van der Waals surface area contributed by atoms with Gasteiger partial charge in [-0.15, -0.1) is 0 Å². The second-order valence-electron chi connectivity index (χ2n) is 4.78. The quantitative estimate of drug-likeness (QED) is 0.882. The van der Waals surface area contributed by atoms with Crippen molar-refractivity contribution >= 4 is 15.9 Å². The van der Waals surface area contributed by atoms with Gasteiger partial charge in [0, 0.05) is 21.1 Å². The van der Waals surface area contributed by atoms with E-state index >= 15 is 0 Å². The fourth-order valence-corrected chi connectivity index (χ4v) is 3.03. The molecule has 0 aromatic heterocycles. The van der Waals surface area contributed by atoms with Gasteiger partial charge < -0.3 is 15.6 Å². The van der Waals surface area contributed by atoms with Crippen LogP contribution in [0.5, 0.6) is 11.5 Å². The van der Waals surface area contributed by atoms with Gasteiger partial charge >= 0.3 is 0 Å². The first-order valence-corrected chi connectivity index (χ1v) is 6.64. The van der Waals surface area contributed by atoms with Crippen LogP contribution in [-0.4, -0.2) is 12.2 Å². The highest BCUT2D eigenvalue weighted by Gasteiger charge is 2.35. The van der Waals surface area contributed by atoms with Crippen LogP contribution in [-0.2, 0) is 5.54 Å². The summed E-state index contributed by atoms with van der Waals surface area (Å²) in [4.78, 5) is 0. The molecule has 0 spiro atoms. The van der Waals surface area contributed by atoms with Crippen LogP contribution >= 0.6 is 15.9 Å². The summed E-state index contributed by atoms with van der Waals surface area (Å²) in [6.45, 7) is 1.91. The molecule has 1 saturated carbocycles. The molecule has 1 fully saturated rings. The van der Waals surface area contributed by atoms with Gasteiger partial charge in [-0.05, 0) is 25.8 Å². The monoisotopic (exact) mass is 299 g/mol. The molecule has 0 amide bonds. The molecule has 1 aromatic rings. The van der Waals surface area contributed by atoms with E-state index in [-0.39, 0.29) is 5.75 Å². The maximum atomic E-state index is 10.3. The number of nitrogens with two attached hydrogens (primary N) is 1. The molecule has 3 nitrogen and oxygen atoms in total. The molecule has 17 heavy (non-hydrogen) atoms. The van der Waals surface area contributed by atoms with Crippen LogP contribution in [0.4, 0.5) is 0 Å². The van der Waals surface area contributed by atoms with Crippen molar-refractivity contribution in [3.8, 4) is 11.5 Å². The number of rotatable bonds is 2. The number of aromatic hydroxyl groups is 1. The molecule has 1 aliphatic rings. The van der Waals surface area contributed by atoms with Crippen molar-refractivity contribution in [2.24, 2.45) is 5.73 Å². The maximum absolute atomic E-state index is 10.3. The van der Waals surface area contributed by atoms with Crippen molar-refractivity contribution in [1.29, 1.82) is 0 Å². The van der Waals surface area contributed by atoms with Crippen molar-refractivity contribution < 1.29 is 9.84 Å². The lowest BCUT2D eigenvalue weighted by molar-refractivity contribution is 0.352. The van der Waals surface area contributed by atoms with Crippen molar-refractivity contribution in [3.63, 3.8) is 0 Å². The molecule has 0 unspecified atom stereocenters. The summed E-state index contributed by atoms with van der Waals surface area (Å²) in [6, 6.07) is 1.93. The third-order valence-electron chi connectivity index (χ3n) is 3.68. The van der Waals surface area contributed by atoms with E-state index in [4.69, 9.17) is 10.5 Å². The van der Waals surface area contributed by atoms with E-state index in [1.54, 1.807) is 7.11 Å². The zero-order valence-electron chi connectivity index (χ0n) is 10.2. The molecule has 2 rings (SSSR count). The zero-order chi connectivity index (χ0) is 12.6. The number of hydrogen-bond acceptors (Lipinski definition) is 3. The van der Waals surface area contributed by atoms with Crippen LogP contribution in [0.2, 0.25) is 0 Å². The Morgan fingerprint density at radius 1 is 1.41 bits per heavy atom. The normalized spacial score (nSPS) is 18.4. The van der Waals surface area contributed by atoms with Crippen molar-refractivity contribution in [3.05, 3.63) is 21.7 Å². The number of hydrogen-bond donors (Lipinski definition) is 2. The van der Waals surface area contributed by atoms with Gasteiger partial charge in [-0.25, -0.2) is 0 Å². The molecule has 0 heterocycles. The number of ether oxygens (including phenoxy) is 1. The summed E-state index contributed by atoms with van der Waals surface area (Å²) in [5.41, 5.74) is 7.67. The van der Waals surface area contributed by atoms with Gasteiger partial charge in [0.2, 0.25) is 0 Å². The van der Waals surface area contributed by atoms with E-state index in [1.165, 1.54) is 0 Å². The second-order valence-corrected chi connectivity index (χ2v) is 5.63. The van der Waals surface area contributed by atoms with Crippen molar-refractivity contribution in [2.75, 3.05) is 7.11 Å². The molecule has 0 radical (unpaired) electrons. The summed E-state index contributed by atoms with van der Waals surface area (Å²) in [5.74, 6) is 0.712. The fraction of sp³-hybridized carbons (Fsp3) is 0.538. The highest BCUT2D eigenvalue weighted by atomic mass is 79.9. The average molecular weight is 300 g/mol. The molecule has 0 saturated heterocycles. The van der Waals surface area contributed by atoms with Gasteiger partial charge in [-0.3, -0.25) is 0 Å². The van der Waals surface area contributed by atoms with E-state index < -0.39 is 5.54 Å². The number of phenols is 1. The minimum Gasteiger partial charge on any atom is -0.504 e. The topological polar surface area (TPSA) is 55.5 Å². The summed E-state index contributed by atoms with van der Waals surface area (Å²) in [7, 11) is 1.57. The standard InChI is InChI=1S/C13H18BrNO2/c1-8-10(14)7-9(11(16)12(8)17-2)13(15)5-3-4-6-13/h7,16H,3-6,15H2,1-2H3. The molecule has 0 aliphatic heterocycles. The van der Waals surface area contributed by atoms with E-state index in [0.717, 1.165) is 41.3 Å². The van der Waals surface area contributed by atoms with Gasteiger partial charge in [0.25, 0.3) is 0 Å². The first-order valence-electron chi connectivity index (χ1n) is 5.85. The Morgan fingerprint density at radius 3 is 2.53 bits per heavy atom. The van der Waals surface area contributed by atoms with E-state index in [9.17, 15) is 5.11 Å². The van der Waals surface area contributed by atoms with Crippen LogP contribution in [0.25, 0.3) is 0 Å². The Hall–Kier alpha value is -0.740. The molecule has 1 aliphatic carbocycles. The third kappa shape index (κ3) is 2.04. The van der Waals surface area contributed by atoms with Crippen LogP contribution in [0.1, 0.15) is 36.8 Å². The Kier molecular flexibility index (Phi) is 3.36. The number of benzene rings is 1. The van der Waals surface area contributed by atoms with Gasteiger partial charge in [-0.1, -0.05) is 28.8 Å². The first-order chi connectivity index (χ1) is 7.99. The molecular formula is C13H18BrNO2. The molecule has 94 valence electrons. The maximum Gasteiger partial charge on any atom is 0.164 e. The summed E-state index contributed by atoms with van der Waals surface area (Å²) < 4.78 is 6.20. The molecular weight excluding hydrogens is 282 g/mol. The van der Waals surface area contributed by atoms with E-state index in [0.29, 0.717) is 5.75 Å². The van der Waals surface area contributed by atoms with Crippen molar-refractivity contribution in [1.82, 2.24) is 0 Å². The minimum absolute atomic E-state index is 0.192. The Bertz CT molecular complexity index is 440. The highest BCUT2D eigenvalue weighted by Crippen LogP contribution is 2.46. The Labute approximate surface area is 110 Å². The van der Waals surface area contributed by atoms with Crippen molar-refractivity contribution in [2.45, 2.75) is 38.1 Å². The smallest absolute Gasteiger partial charge is 0.164 e. The predicted molar refractivity (Wildman–Crippen MR) is 71.4 cm³/mol. The lowest BCUT2D eigenvalue weighted by Gasteiger charge is -2.27. The number of methoxy groups -OCH3 is 1. The average Bonchev–Trinajstić information content (AvgIpc) is 2.72. The lowest BCUT2D eigenvalue weighted by Crippen LogP contribution is -2.33. The predicted octanol–water partition coefficient (Wildman–Crippen LogP) is 3.20. The van der Waals surface area contributed by atoms with Gasteiger partial charge in [0.1, 0.15) is 0 Å². The molecule has 4 heteroatoms. The SMILES string of the molecule is COc1c(C)c(Br)cc(C2(N)CCCC2)c1O. The zero-order valence-corrected chi connectivity index (χ0v) is 11.8. The molecule has 3 N–H and O–H groups in total. The van der Waals surface area contributed by atoms with E-state index in [2.05, 4.69) is 15.9 Å². The highest BCUT2D eigenvalue weighted by molar-refractivity contribution is 9.10. The van der Waals surface area contributed by atoms with Gasteiger partial charge in [0.05, 0.1) is 7.11 Å². The lowest BCUT2D eigenvalue weighted by atomic mass is 9.87. The molecule has 0 bridgehead atoms. The van der Waals surface area contributed by atoms with E-state index in [1.807, 2.05) is 13.0 Å². The number of halogens is 1. The first kappa shape index (κ1) is 12.7. The summed E-state index contributed by atoms with van der Waals surface area (Å²) >= 11 is 3.50. The third-order valence-corrected chi connectivity index (χ3v) is 4.50. The van der Waals surface area contributed by atoms with Crippen LogP contribution in [0, 0.1) is 6.92 Å². The fourth-order valence-electron chi connectivity index (χ4n) is 2.62. The number of phenolic OH excluding ortho intramolecular Hbond substituents is 1.